The number of nitrogens with zero attached hydrogens (tertiary/aromatic N) is 3. The number of hydrogen-bond donors (Lipinski definition) is 0. The van der Waals surface area contributed by atoms with Crippen LogP contribution in [0, 0.1) is 0 Å². The summed E-state index contributed by atoms with van der Waals surface area (Å²) in [5.74, 6) is 0. The fourth-order valence-electron chi connectivity index (χ4n) is 0.946. The molecule has 0 saturated heterocycles. The van der Waals surface area contributed by atoms with Gasteiger partial charge in [-0.05, 0) is 25.4 Å². The van der Waals surface area contributed by atoms with Crippen molar-refractivity contribution in [2.24, 2.45) is 0 Å². The van der Waals surface area contributed by atoms with Crippen LogP contribution in [0.3, 0.4) is 0 Å². The Morgan fingerprint density at radius 3 is 3.00 bits per heavy atom. The summed E-state index contributed by atoms with van der Waals surface area (Å²) in [5.41, 5.74) is 1.00. The molecule has 0 amide bonds. The van der Waals surface area contributed by atoms with Crippen LogP contribution in [0.1, 0.15) is 19.9 Å². The highest BCUT2D eigenvalue weighted by molar-refractivity contribution is 7.13. The average Bonchev–Trinajstić information content (AvgIpc) is 2.40. The third kappa shape index (κ3) is 1.03. The SMILES string of the molecule is CC(C)n1cc2sncc2n1. The van der Waals surface area contributed by atoms with Crippen LogP contribution in [0.15, 0.2) is 12.4 Å². The van der Waals surface area contributed by atoms with E-state index in [2.05, 4.69) is 23.3 Å². The first kappa shape index (κ1) is 6.79. The second kappa shape index (κ2) is 2.30. The standard InChI is InChI=1S/C7H9N3S/c1-5(2)10-4-7-6(9-10)3-8-11-7/h3-5H,1-2H3. The molecule has 0 aromatic carbocycles. The molecule has 2 aromatic heterocycles. The Balaban J connectivity index is 2.58. The van der Waals surface area contributed by atoms with Gasteiger partial charge in [0, 0.05) is 12.2 Å². The topological polar surface area (TPSA) is 30.7 Å². The Hall–Kier alpha value is -0.900. The lowest BCUT2D eigenvalue weighted by molar-refractivity contribution is 0.537. The highest BCUT2D eigenvalue weighted by Gasteiger charge is 2.03. The summed E-state index contributed by atoms with van der Waals surface area (Å²) < 4.78 is 7.15. The summed E-state index contributed by atoms with van der Waals surface area (Å²) in [5, 5.41) is 4.34. The van der Waals surface area contributed by atoms with E-state index in [-0.39, 0.29) is 0 Å². The second-order valence-corrected chi connectivity index (χ2v) is 3.61. The molecule has 0 saturated carbocycles. The normalized spacial score (nSPS) is 11.5. The van der Waals surface area contributed by atoms with E-state index >= 15 is 0 Å². The second-order valence-electron chi connectivity index (χ2n) is 2.78. The summed E-state index contributed by atoms with van der Waals surface area (Å²) in [6.07, 6.45) is 3.84. The van der Waals surface area contributed by atoms with Crippen molar-refractivity contribution in [3.8, 4) is 0 Å². The van der Waals surface area contributed by atoms with Crippen molar-refractivity contribution in [2.45, 2.75) is 19.9 Å². The molecule has 0 spiro atoms. The van der Waals surface area contributed by atoms with Crippen LogP contribution < -0.4 is 0 Å². The van der Waals surface area contributed by atoms with Crippen molar-refractivity contribution in [3.05, 3.63) is 12.4 Å². The van der Waals surface area contributed by atoms with E-state index in [0.717, 1.165) is 5.52 Å². The molecule has 4 heteroatoms. The fraction of sp³-hybridized carbons (Fsp3) is 0.429. The minimum absolute atomic E-state index is 0.439. The zero-order valence-electron chi connectivity index (χ0n) is 6.48. The summed E-state index contributed by atoms with van der Waals surface area (Å²) in [7, 11) is 0. The molecule has 0 atom stereocenters. The van der Waals surface area contributed by atoms with Gasteiger partial charge in [-0.2, -0.15) is 9.47 Å². The van der Waals surface area contributed by atoms with Crippen LogP contribution >= 0.6 is 11.5 Å². The lowest BCUT2D eigenvalue weighted by Gasteiger charge is -2.02. The van der Waals surface area contributed by atoms with Crippen molar-refractivity contribution < 1.29 is 0 Å². The third-order valence-electron chi connectivity index (χ3n) is 1.58. The molecule has 0 aliphatic carbocycles. The van der Waals surface area contributed by atoms with Gasteiger partial charge in [-0.25, -0.2) is 0 Å². The van der Waals surface area contributed by atoms with E-state index in [9.17, 15) is 0 Å². The van der Waals surface area contributed by atoms with E-state index in [0.29, 0.717) is 6.04 Å². The Labute approximate surface area is 68.8 Å². The zero-order valence-corrected chi connectivity index (χ0v) is 7.30. The molecule has 0 aliphatic heterocycles. The van der Waals surface area contributed by atoms with E-state index in [4.69, 9.17) is 0 Å². The molecule has 58 valence electrons. The monoisotopic (exact) mass is 167 g/mol. The first-order chi connectivity index (χ1) is 5.27. The van der Waals surface area contributed by atoms with Gasteiger partial charge in [0.1, 0.15) is 5.52 Å². The molecule has 0 fully saturated rings. The lowest BCUT2D eigenvalue weighted by atomic mass is 10.4. The Morgan fingerprint density at radius 2 is 2.36 bits per heavy atom. The fourth-order valence-corrected chi connectivity index (χ4v) is 1.55. The number of rotatable bonds is 1. The maximum atomic E-state index is 4.34. The van der Waals surface area contributed by atoms with Crippen LogP contribution in [0.2, 0.25) is 0 Å². The van der Waals surface area contributed by atoms with Crippen LogP contribution in [0.4, 0.5) is 0 Å². The minimum atomic E-state index is 0.439. The van der Waals surface area contributed by atoms with Crippen molar-refractivity contribution in [2.75, 3.05) is 0 Å². The minimum Gasteiger partial charge on any atom is -0.268 e. The van der Waals surface area contributed by atoms with Gasteiger partial charge >= 0.3 is 0 Å². The summed E-state index contributed by atoms with van der Waals surface area (Å²) in [6, 6.07) is 0.439. The predicted molar refractivity (Wildman–Crippen MR) is 45.8 cm³/mol. The Kier molecular flexibility index (Phi) is 1.42. The molecular weight excluding hydrogens is 158 g/mol. The largest absolute Gasteiger partial charge is 0.268 e. The first-order valence-corrected chi connectivity index (χ1v) is 4.34. The zero-order chi connectivity index (χ0) is 7.84. The van der Waals surface area contributed by atoms with E-state index in [1.165, 1.54) is 16.2 Å². The molecule has 2 aromatic rings. The van der Waals surface area contributed by atoms with Gasteiger partial charge in [0.05, 0.1) is 10.9 Å². The molecule has 0 aliphatic rings. The van der Waals surface area contributed by atoms with E-state index in [1.807, 2.05) is 10.9 Å². The van der Waals surface area contributed by atoms with Gasteiger partial charge in [-0.15, -0.1) is 0 Å². The smallest absolute Gasteiger partial charge is 0.123 e. The molecule has 0 radical (unpaired) electrons. The van der Waals surface area contributed by atoms with Gasteiger partial charge in [0.15, 0.2) is 0 Å². The molecule has 2 rings (SSSR count). The maximum absolute atomic E-state index is 4.34. The highest BCUT2D eigenvalue weighted by atomic mass is 32.1. The van der Waals surface area contributed by atoms with Crippen molar-refractivity contribution >= 4 is 21.7 Å². The van der Waals surface area contributed by atoms with Gasteiger partial charge in [0.25, 0.3) is 0 Å². The number of aromatic nitrogens is 3. The summed E-state index contributed by atoms with van der Waals surface area (Å²) in [4.78, 5) is 0. The lowest BCUT2D eigenvalue weighted by Crippen LogP contribution is -1.99. The molecule has 3 nitrogen and oxygen atoms in total. The molecular formula is C7H9N3S. The summed E-state index contributed by atoms with van der Waals surface area (Å²) in [6.45, 7) is 4.23. The van der Waals surface area contributed by atoms with Crippen molar-refractivity contribution in [3.63, 3.8) is 0 Å². The number of fused-ring (bicyclic) bond motifs is 1. The summed E-state index contributed by atoms with van der Waals surface area (Å²) >= 11 is 1.49. The molecule has 0 N–H and O–H groups in total. The van der Waals surface area contributed by atoms with Crippen LogP contribution in [0.25, 0.3) is 10.2 Å². The van der Waals surface area contributed by atoms with E-state index < -0.39 is 0 Å². The Morgan fingerprint density at radius 1 is 1.55 bits per heavy atom. The Bertz CT molecular complexity index is 332. The molecule has 0 unspecified atom stereocenters. The molecule has 2 heterocycles. The van der Waals surface area contributed by atoms with Crippen LogP contribution in [-0.2, 0) is 0 Å². The predicted octanol–water partition coefficient (Wildman–Crippen LogP) is 2.07. The molecule has 0 bridgehead atoms. The van der Waals surface area contributed by atoms with Crippen LogP contribution in [-0.4, -0.2) is 14.2 Å². The third-order valence-corrected chi connectivity index (χ3v) is 2.30. The van der Waals surface area contributed by atoms with Gasteiger partial charge in [-0.3, -0.25) is 4.68 Å². The van der Waals surface area contributed by atoms with Gasteiger partial charge < -0.3 is 0 Å². The highest BCUT2D eigenvalue weighted by Crippen LogP contribution is 2.17. The average molecular weight is 167 g/mol. The molecule has 11 heavy (non-hydrogen) atoms. The van der Waals surface area contributed by atoms with Crippen LogP contribution in [0.5, 0.6) is 0 Å². The van der Waals surface area contributed by atoms with E-state index in [1.54, 1.807) is 6.20 Å². The quantitative estimate of drug-likeness (QED) is 0.651. The van der Waals surface area contributed by atoms with Gasteiger partial charge in [-0.1, -0.05) is 0 Å². The maximum Gasteiger partial charge on any atom is 0.123 e. The first-order valence-electron chi connectivity index (χ1n) is 3.57. The van der Waals surface area contributed by atoms with Crippen molar-refractivity contribution in [1.82, 2.24) is 14.2 Å². The van der Waals surface area contributed by atoms with Gasteiger partial charge in [0.2, 0.25) is 0 Å². The number of hydrogen-bond acceptors (Lipinski definition) is 3. The van der Waals surface area contributed by atoms with Crippen molar-refractivity contribution in [1.29, 1.82) is 0 Å².